The molecule has 4 heteroatoms. The number of epoxide rings is 1. The molecule has 3 nitrogen and oxygen atoms in total. The van der Waals surface area contributed by atoms with Gasteiger partial charge in [0.1, 0.15) is 5.60 Å². The molecular formula is C29H39BO3. The topological polar surface area (TPSA) is 31.0 Å². The molecule has 2 fully saturated rings. The highest BCUT2D eigenvalue weighted by Crippen LogP contribution is 2.51. The molecule has 0 aromatic heterocycles. The van der Waals surface area contributed by atoms with Gasteiger partial charge in [-0.15, -0.1) is 0 Å². The van der Waals surface area contributed by atoms with Crippen LogP contribution in [0.5, 0.6) is 0 Å². The largest absolute Gasteiger partial charge is 0.494 e. The summed E-state index contributed by atoms with van der Waals surface area (Å²) in [5, 5.41) is 0. The molecule has 0 N–H and O–H groups in total. The second-order valence-corrected chi connectivity index (χ2v) is 12.8. The first-order valence-electron chi connectivity index (χ1n) is 12.4. The number of rotatable bonds is 3. The molecular weight excluding hydrogens is 407 g/mol. The van der Waals surface area contributed by atoms with Crippen LogP contribution in [0, 0.1) is 6.92 Å². The second-order valence-electron chi connectivity index (χ2n) is 12.8. The minimum absolute atomic E-state index is 0.185. The summed E-state index contributed by atoms with van der Waals surface area (Å²) in [5.41, 5.74) is 7.29. The number of hydrogen-bond acceptors (Lipinski definition) is 3. The lowest BCUT2D eigenvalue weighted by Gasteiger charge is -2.42. The standard InChI is InChI=1S/C29H39BO3/c1-19-16-23-24(26(4,5)15-14-25(23,2)3)17-22(19)29(18-31-29)20-10-12-21(13-11-20)30-32-27(6,7)28(8,9)33-30/h10-13,16-17H,14-15,18H2,1-9H3. The minimum Gasteiger partial charge on any atom is -0.399 e. The van der Waals surface area contributed by atoms with Gasteiger partial charge >= 0.3 is 7.12 Å². The molecule has 2 aromatic rings. The van der Waals surface area contributed by atoms with Gasteiger partial charge in [0.25, 0.3) is 0 Å². The molecule has 3 aliphatic rings. The Hall–Kier alpha value is -1.62. The van der Waals surface area contributed by atoms with Crippen molar-refractivity contribution in [1.82, 2.24) is 0 Å². The molecule has 1 unspecified atom stereocenters. The van der Waals surface area contributed by atoms with Gasteiger partial charge in [-0.25, -0.2) is 0 Å². The first-order chi connectivity index (χ1) is 15.2. The van der Waals surface area contributed by atoms with Gasteiger partial charge in [0, 0.05) is 0 Å². The monoisotopic (exact) mass is 446 g/mol. The Balaban J connectivity index is 1.50. The van der Waals surface area contributed by atoms with E-state index >= 15 is 0 Å². The van der Waals surface area contributed by atoms with Crippen LogP contribution in [0.4, 0.5) is 0 Å². The van der Waals surface area contributed by atoms with Gasteiger partial charge in [-0.05, 0) is 91.6 Å². The van der Waals surface area contributed by atoms with Gasteiger partial charge in [0.15, 0.2) is 0 Å². The van der Waals surface area contributed by atoms with Crippen molar-refractivity contribution in [1.29, 1.82) is 0 Å². The summed E-state index contributed by atoms with van der Waals surface area (Å²) in [4.78, 5) is 0. The van der Waals surface area contributed by atoms with E-state index in [9.17, 15) is 0 Å². The highest BCUT2D eigenvalue weighted by molar-refractivity contribution is 6.62. The molecule has 0 amide bonds. The van der Waals surface area contributed by atoms with Gasteiger partial charge in [-0.3, -0.25) is 0 Å². The van der Waals surface area contributed by atoms with Crippen molar-refractivity contribution >= 4 is 12.6 Å². The molecule has 0 radical (unpaired) electrons. The van der Waals surface area contributed by atoms with Crippen molar-refractivity contribution in [2.45, 2.75) is 103 Å². The first-order valence-corrected chi connectivity index (χ1v) is 12.4. The molecule has 0 bridgehead atoms. The summed E-state index contributed by atoms with van der Waals surface area (Å²) >= 11 is 0. The molecule has 0 saturated carbocycles. The average Bonchev–Trinajstić information content (AvgIpc) is 3.48. The predicted molar refractivity (Wildman–Crippen MR) is 135 cm³/mol. The fraction of sp³-hybridized carbons (Fsp3) is 0.586. The van der Waals surface area contributed by atoms with E-state index < -0.39 is 0 Å². The van der Waals surface area contributed by atoms with Crippen LogP contribution < -0.4 is 5.46 Å². The van der Waals surface area contributed by atoms with Crippen molar-refractivity contribution in [3.63, 3.8) is 0 Å². The van der Waals surface area contributed by atoms with Crippen molar-refractivity contribution in [3.05, 3.63) is 64.2 Å². The second kappa shape index (κ2) is 6.96. The van der Waals surface area contributed by atoms with E-state index in [-0.39, 0.29) is 34.8 Å². The molecule has 2 heterocycles. The summed E-state index contributed by atoms with van der Waals surface area (Å²) < 4.78 is 18.7. The quantitative estimate of drug-likeness (QED) is 0.433. The minimum atomic E-state index is -0.342. The molecule has 2 aromatic carbocycles. The van der Waals surface area contributed by atoms with E-state index in [4.69, 9.17) is 14.0 Å². The van der Waals surface area contributed by atoms with E-state index in [1.807, 2.05) is 0 Å². The summed E-state index contributed by atoms with van der Waals surface area (Å²) in [6, 6.07) is 13.6. The molecule has 176 valence electrons. The Morgan fingerprint density at radius 1 is 0.697 bits per heavy atom. The number of hydrogen-bond donors (Lipinski definition) is 0. The number of fused-ring (bicyclic) bond motifs is 1. The van der Waals surface area contributed by atoms with E-state index in [0.29, 0.717) is 0 Å². The zero-order valence-corrected chi connectivity index (χ0v) is 21.9. The molecule has 0 spiro atoms. The molecule has 5 rings (SSSR count). The van der Waals surface area contributed by atoms with Gasteiger partial charge in [-0.2, -0.15) is 0 Å². The molecule has 1 aliphatic carbocycles. The highest BCUT2D eigenvalue weighted by atomic mass is 16.7. The molecule has 2 aliphatic heterocycles. The summed E-state index contributed by atoms with van der Waals surface area (Å²) in [7, 11) is -0.339. The first kappa shape index (κ1) is 23.1. The van der Waals surface area contributed by atoms with Gasteiger partial charge in [-0.1, -0.05) is 64.1 Å². The fourth-order valence-electron chi connectivity index (χ4n) is 5.60. The Kier molecular flexibility index (Phi) is 4.88. The van der Waals surface area contributed by atoms with E-state index in [2.05, 4.69) is 98.7 Å². The van der Waals surface area contributed by atoms with Gasteiger partial charge in [0.05, 0.1) is 17.8 Å². The molecule has 33 heavy (non-hydrogen) atoms. The van der Waals surface area contributed by atoms with Crippen molar-refractivity contribution < 1.29 is 14.0 Å². The van der Waals surface area contributed by atoms with E-state index in [0.717, 1.165) is 12.1 Å². The van der Waals surface area contributed by atoms with Crippen molar-refractivity contribution in [2.24, 2.45) is 0 Å². The van der Waals surface area contributed by atoms with Crippen LogP contribution in [0.1, 0.15) is 96.0 Å². The summed E-state index contributed by atoms with van der Waals surface area (Å²) in [6.07, 6.45) is 2.44. The Morgan fingerprint density at radius 2 is 1.18 bits per heavy atom. The Bertz CT molecular complexity index is 1070. The normalized spacial score (nSPS) is 28.5. The fourth-order valence-corrected chi connectivity index (χ4v) is 5.60. The van der Waals surface area contributed by atoms with Crippen molar-refractivity contribution in [2.75, 3.05) is 6.61 Å². The average molecular weight is 446 g/mol. The summed E-state index contributed by atoms with van der Waals surface area (Å²) in [6.45, 7) is 20.9. The SMILES string of the molecule is Cc1cc2c(cc1C1(c3ccc(B4OC(C)(C)C(C)(C)O4)cc3)CO1)C(C)(C)CCC2(C)C. The van der Waals surface area contributed by atoms with Crippen LogP contribution in [0.15, 0.2) is 36.4 Å². The van der Waals surface area contributed by atoms with E-state index in [1.165, 1.54) is 40.7 Å². The Morgan fingerprint density at radius 3 is 1.67 bits per heavy atom. The lowest BCUT2D eigenvalue weighted by Crippen LogP contribution is -2.41. The lowest BCUT2D eigenvalue weighted by molar-refractivity contribution is 0.00578. The van der Waals surface area contributed by atoms with E-state index in [1.54, 1.807) is 0 Å². The van der Waals surface area contributed by atoms with Crippen LogP contribution in [-0.4, -0.2) is 24.9 Å². The molecule has 1 atom stereocenters. The zero-order valence-electron chi connectivity index (χ0n) is 21.9. The third-order valence-electron chi connectivity index (χ3n) is 8.97. The van der Waals surface area contributed by atoms with Crippen LogP contribution in [0.25, 0.3) is 0 Å². The predicted octanol–water partition coefficient (Wildman–Crippen LogP) is 5.92. The molecule has 2 saturated heterocycles. The lowest BCUT2D eigenvalue weighted by atomic mass is 9.62. The van der Waals surface area contributed by atoms with Gasteiger partial charge < -0.3 is 14.0 Å². The third kappa shape index (κ3) is 3.52. The van der Waals surface area contributed by atoms with Crippen LogP contribution in [-0.2, 0) is 30.5 Å². The third-order valence-corrected chi connectivity index (χ3v) is 8.97. The number of benzene rings is 2. The number of ether oxygens (including phenoxy) is 1. The maximum atomic E-state index is 6.25. The van der Waals surface area contributed by atoms with Crippen LogP contribution in [0.2, 0.25) is 0 Å². The van der Waals surface area contributed by atoms with Crippen LogP contribution in [0.3, 0.4) is 0 Å². The zero-order chi connectivity index (χ0) is 24.0. The Labute approximate surface area is 200 Å². The van der Waals surface area contributed by atoms with Crippen molar-refractivity contribution in [3.8, 4) is 0 Å². The smallest absolute Gasteiger partial charge is 0.399 e. The number of aryl methyl sites for hydroxylation is 1. The van der Waals surface area contributed by atoms with Crippen LogP contribution >= 0.6 is 0 Å². The maximum Gasteiger partial charge on any atom is 0.494 e. The summed E-state index contributed by atoms with van der Waals surface area (Å²) in [5.74, 6) is 0. The highest BCUT2D eigenvalue weighted by Gasteiger charge is 2.53. The maximum absolute atomic E-state index is 6.25. The van der Waals surface area contributed by atoms with Gasteiger partial charge in [0.2, 0.25) is 0 Å².